The van der Waals surface area contributed by atoms with Gasteiger partial charge in [-0.05, 0) is 35.6 Å². The summed E-state index contributed by atoms with van der Waals surface area (Å²) in [6.45, 7) is 0.727. The summed E-state index contributed by atoms with van der Waals surface area (Å²) < 4.78 is 5.87. The Hall–Kier alpha value is -1.84. The van der Waals surface area contributed by atoms with Crippen LogP contribution in [-0.4, -0.2) is 12.6 Å². The summed E-state index contributed by atoms with van der Waals surface area (Å²) in [7, 11) is 0. The second-order valence-corrected chi connectivity index (χ2v) is 6.01. The summed E-state index contributed by atoms with van der Waals surface area (Å²) in [5, 5.41) is 3.74. The molecule has 2 aromatic carbocycles. The molecule has 1 aliphatic carbocycles. The average molecular weight is 280 g/mol. The van der Waals surface area contributed by atoms with Gasteiger partial charge in [0.25, 0.3) is 0 Å². The van der Waals surface area contributed by atoms with E-state index in [2.05, 4.69) is 41.7 Å². The molecule has 0 aromatic heterocycles. The third-order valence-electron chi connectivity index (χ3n) is 4.58. The fraction of sp³-hybridized carbons (Fsp3) is 0.333. The Morgan fingerprint density at radius 1 is 1.00 bits per heavy atom. The van der Waals surface area contributed by atoms with Crippen molar-refractivity contribution >= 4 is 0 Å². The predicted octanol–water partition coefficient (Wildman–Crippen LogP) is 2.72. The number of nitrogens with two attached hydrogens (primary N) is 1. The van der Waals surface area contributed by atoms with E-state index in [9.17, 15) is 0 Å². The summed E-state index contributed by atoms with van der Waals surface area (Å²) in [6, 6.07) is 17.6. The second kappa shape index (κ2) is 5.17. The fourth-order valence-corrected chi connectivity index (χ4v) is 3.55. The van der Waals surface area contributed by atoms with Gasteiger partial charge in [-0.15, -0.1) is 0 Å². The van der Waals surface area contributed by atoms with E-state index in [0.29, 0.717) is 12.1 Å². The van der Waals surface area contributed by atoms with Gasteiger partial charge in [0.1, 0.15) is 12.4 Å². The number of para-hydroxylation sites is 1. The number of ether oxygens (including phenoxy) is 1. The molecule has 0 bridgehead atoms. The Morgan fingerprint density at radius 3 is 2.67 bits per heavy atom. The van der Waals surface area contributed by atoms with Crippen LogP contribution in [0.4, 0.5) is 0 Å². The molecular weight excluding hydrogens is 260 g/mol. The monoisotopic (exact) mass is 280 g/mol. The molecule has 0 spiro atoms. The van der Waals surface area contributed by atoms with Crippen LogP contribution in [0, 0.1) is 0 Å². The zero-order valence-corrected chi connectivity index (χ0v) is 12.0. The van der Waals surface area contributed by atoms with Crippen molar-refractivity contribution in [3.8, 4) is 5.75 Å². The first kappa shape index (κ1) is 12.9. The van der Waals surface area contributed by atoms with Crippen LogP contribution in [0.1, 0.15) is 35.2 Å². The lowest BCUT2D eigenvalue weighted by Crippen LogP contribution is -2.41. The topological polar surface area (TPSA) is 47.3 Å². The highest BCUT2D eigenvalue weighted by Gasteiger charge is 2.31. The molecular formula is C18H20N2O. The maximum atomic E-state index is 6.25. The molecule has 108 valence electrons. The van der Waals surface area contributed by atoms with Gasteiger partial charge in [0.05, 0.1) is 0 Å². The van der Waals surface area contributed by atoms with Crippen molar-refractivity contribution in [2.24, 2.45) is 5.73 Å². The minimum absolute atomic E-state index is 0.149. The van der Waals surface area contributed by atoms with Gasteiger partial charge in [0.2, 0.25) is 0 Å². The van der Waals surface area contributed by atoms with Crippen LogP contribution in [0.5, 0.6) is 5.75 Å². The molecule has 0 saturated carbocycles. The molecule has 3 N–H and O–H groups in total. The van der Waals surface area contributed by atoms with Crippen LogP contribution in [0.2, 0.25) is 0 Å². The zero-order chi connectivity index (χ0) is 14.2. The van der Waals surface area contributed by atoms with E-state index in [1.54, 1.807) is 0 Å². The molecule has 3 unspecified atom stereocenters. The highest BCUT2D eigenvalue weighted by molar-refractivity contribution is 5.38. The van der Waals surface area contributed by atoms with Crippen molar-refractivity contribution in [3.63, 3.8) is 0 Å². The molecule has 4 rings (SSSR count). The van der Waals surface area contributed by atoms with E-state index in [-0.39, 0.29) is 6.04 Å². The van der Waals surface area contributed by atoms with E-state index < -0.39 is 0 Å². The molecule has 1 heterocycles. The Bertz CT molecular complexity index is 655. The van der Waals surface area contributed by atoms with Crippen molar-refractivity contribution in [3.05, 3.63) is 65.2 Å². The summed E-state index contributed by atoms with van der Waals surface area (Å²) in [6.07, 6.45) is 1.99. The Balaban J connectivity index is 1.51. The first-order valence-corrected chi connectivity index (χ1v) is 7.62. The normalized spacial score (nSPS) is 26.8. The van der Waals surface area contributed by atoms with Gasteiger partial charge >= 0.3 is 0 Å². The van der Waals surface area contributed by atoms with Crippen LogP contribution in [0.25, 0.3) is 0 Å². The zero-order valence-electron chi connectivity index (χ0n) is 12.0. The van der Waals surface area contributed by atoms with Gasteiger partial charge < -0.3 is 15.8 Å². The molecule has 0 saturated heterocycles. The highest BCUT2D eigenvalue weighted by Crippen LogP contribution is 2.37. The van der Waals surface area contributed by atoms with Gasteiger partial charge in [0.15, 0.2) is 0 Å². The van der Waals surface area contributed by atoms with Crippen LogP contribution < -0.4 is 15.8 Å². The van der Waals surface area contributed by atoms with E-state index in [1.807, 2.05) is 12.1 Å². The lowest BCUT2D eigenvalue weighted by atomic mass is 10.0. The van der Waals surface area contributed by atoms with Gasteiger partial charge in [0, 0.05) is 18.1 Å². The number of nitrogens with one attached hydrogen (secondary N) is 1. The number of hydrogen-bond acceptors (Lipinski definition) is 3. The van der Waals surface area contributed by atoms with Crippen molar-refractivity contribution in [2.45, 2.75) is 31.0 Å². The molecule has 0 radical (unpaired) electrons. The molecule has 2 aromatic rings. The smallest absolute Gasteiger partial charge is 0.122 e. The van der Waals surface area contributed by atoms with E-state index in [1.165, 1.54) is 16.7 Å². The average Bonchev–Trinajstić information content (AvgIpc) is 2.84. The molecule has 3 nitrogen and oxygen atoms in total. The van der Waals surface area contributed by atoms with Crippen LogP contribution in [0.3, 0.4) is 0 Å². The van der Waals surface area contributed by atoms with Gasteiger partial charge in [-0.3, -0.25) is 0 Å². The molecule has 0 amide bonds. The number of rotatable bonds is 2. The van der Waals surface area contributed by atoms with Crippen molar-refractivity contribution in [2.75, 3.05) is 6.61 Å². The lowest BCUT2D eigenvalue weighted by molar-refractivity contribution is 0.226. The van der Waals surface area contributed by atoms with E-state index in [4.69, 9.17) is 10.5 Å². The van der Waals surface area contributed by atoms with Crippen LogP contribution in [-0.2, 0) is 6.42 Å². The summed E-state index contributed by atoms with van der Waals surface area (Å²) in [4.78, 5) is 0. The minimum atomic E-state index is 0.149. The first-order valence-electron chi connectivity index (χ1n) is 7.62. The molecule has 1 aliphatic heterocycles. The van der Waals surface area contributed by atoms with Gasteiger partial charge in [-0.1, -0.05) is 42.5 Å². The first-order chi connectivity index (χ1) is 10.3. The number of benzene rings is 2. The summed E-state index contributed by atoms with van der Waals surface area (Å²) in [5.41, 5.74) is 10.2. The molecule has 2 aliphatic rings. The lowest BCUT2D eigenvalue weighted by Gasteiger charge is -2.29. The highest BCUT2D eigenvalue weighted by atomic mass is 16.5. The predicted molar refractivity (Wildman–Crippen MR) is 83.3 cm³/mol. The van der Waals surface area contributed by atoms with E-state index >= 15 is 0 Å². The maximum absolute atomic E-state index is 6.25. The van der Waals surface area contributed by atoms with Crippen molar-refractivity contribution in [1.82, 2.24) is 5.32 Å². The quantitative estimate of drug-likeness (QED) is 0.889. The minimum Gasteiger partial charge on any atom is -0.492 e. The molecule has 21 heavy (non-hydrogen) atoms. The summed E-state index contributed by atoms with van der Waals surface area (Å²) >= 11 is 0. The molecule has 3 heteroatoms. The van der Waals surface area contributed by atoms with Crippen LogP contribution in [0.15, 0.2) is 48.5 Å². The third-order valence-corrected chi connectivity index (χ3v) is 4.58. The fourth-order valence-electron chi connectivity index (χ4n) is 3.55. The SMILES string of the molecule is NC1CC(NC2COc3ccccc3C2)c2ccccc21. The van der Waals surface area contributed by atoms with Crippen molar-refractivity contribution < 1.29 is 4.74 Å². The molecule has 0 fully saturated rings. The molecule has 3 atom stereocenters. The Morgan fingerprint density at radius 2 is 1.76 bits per heavy atom. The Labute approximate surface area is 125 Å². The second-order valence-electron chi connectivity index (χ2n) is 6.01. The maximum Gasteiger partial charge on any atom is 0.122 e. The third kappa shape index (κ3) is 2.33. The van der Waals surface area contributed by atoms with Gasteiger partial charge in [-0.2, -0.15) is 0 Å². The van der Waals surface area contributed by atoms with E-state index in [0.717, 1.165) is 25.2 Å². The standard InChI is InChI=1S/C18H20N2O/c19-16-10-17(15-7-3-2-6-14(15)16)20-13-9-12-5-1-4-8-18(12)21-11-13/h1-8,13,16-17,20H,9-11,19H2. The van der Waals surface area contributed by atoms with Gasteiger partial charge in [-0.25, -0.2) is 0 Å². The van der Waals surface area contributed by atoms with Crippen LogP contribution >= 0.6 is 0 Å². The largest absolute Gasteiger partial charge is 0.492 e. The van der Waals surface area contributed by atoms with Crippen molar-refractivity contribution in [1.29, 1.82) is 0 Å². The number of hydrogen-bond donors (Lipinski definition) is 2. The number of fused-ring (bicyclic) bond motifs is 2. The summed E-state index contributed by atoms with van der Waals surface area (Å²) in [5.74, 6) is 1.03. The Kier molecular flexibility index (Phi) is 3.17.